The van der Waals surface area contributed by atoms with Crippen LogP contribution in [0.3, 0.4) is 0 Å². The van der Waals surface area contributed by atoms with E-state index >= 15 is 0 Å². The zero-order valence-electron chi connectivity index (χ0n) is 15.4. The Hall–Kier alpha value is -1.44. The van der Waals surface area contributed by atoms with Gasteiger partial charge in [0.1, 0.15) is 6.10 Å². The Morgan fingerprint density at radius 2 is 2.27 bits per heavy atom. The van der Waals surface area contributed by atoms with Crippen LogP contribution in [-0.2, 0) is 19.0 Å². The van der Waals surface area contributed by atoms with Crippen LogP contribution in [0.2, 0.25) is 0 Å². The van der Waals surface area contributed by atoms with Gasteiger partial charge in [0.25, 0.3) is 5.91 Å². The molecule has 3 aliphatic rings. The van der Waals surface area contributed by atoms with Crippen molar-refractivity contribution in [3.8, 4) is 0 Å². The molecule has 146 valence electrons. The van der Waals surface area contributed by atoms with Crippen molar-refractivity contribution in [3.05, 3.63) is 23.7 Å². The SMILES string of the molecule is COCCCOC1=CC(CN(C(=O)[C@H]2CNCCO2)C2CC2)CC=C1F. The van der Waals surface area contributed by atoms with E-state index in [-0.39, 0.29) is 23.4 Å². The van der Waals surface area contributed by atoms with E-state index in [0.29, 0.717) is 51.8 Å². The molecule has 1 amide bonds. The van der Waals surface area contributed by atoms with Gasteiger partial charge in [-0.25, -0.2) is 4.39 Å². The van der Waals surface area contributed by atoms with Gasteiger partial charge in [0.15, 0.2) is 11.6 Å². The second kappa shape index (κ2) is 9.48. The van der Waals surface area contributed by atoms with Gasteiger partial charge in [0, 0.05) is 51.7 Å². The first-order valence-electron chi connectivity index (χ1n) is 9.51. The smallest absolute Gasteiger partial charge is 0.253 e. The van der Waals surface area contributed by atoms with Crippen molar-refractivity contribution in [1.29, 1.82) is 0 Å². The standard InChI is InChI=1S/C19H29FN2O4/c1-24-8-2-9-25-17-11-14(3-6-16(17)20)13-22(15-4-5-15)19(23)18-12-21-7-10-26-18/h6,11,14-15,18,21H,2-5,7-10,12-13H2,1H3/t14?,18-/m1/s1. The van der Waals surface area contributed by atoms with Crippen LogP contribution in [0.15, 0.2) is 23.7 Å². The second-order valence-electron chi connectivity index (χ2n) is 7.06. The monoisotopic (exact) mass is 368 g/mol. The van der Waals surface area contributed by atoms with Gasteiger partial charge in [0.05, 0.1) is 13.2 Å². The normalized spacial score (nSPS) is 26.1. The first-order chi connectivity index (χ1) is 12.7. The van der Waals surface area contributed by atoms with Crippen molar-refractivity contribution in [2.75, 3.05) is 46.6 Å². The molecule has 6 nitrogen and oxygen atoms in total. The maximum atomic E-state index is 14.0. The van der Waals surface area contributed by atoms with Gasteiger partial charge in [-0.3, -0.25) is 4.79 Å². The highest BCUT2D eigenvalue weighted by Crippen LogP contribution is 2.32. The highest BCUT2D eigenvalue weighted by molar-refractivity contribution is 5.82. The number of methoxy groups -OCH3 is 1. The van der Waals surface area contributed by atoms with Gasteiger partial charge in [-0.05, 0) is 31.4 Å². The molecule has 0 aromatic carbocycles. The van der Waals surface area contributed by atoms with Crippen molar-refractivity contribution in [2.24, 2.45) is 5.92 Å². The van der Waals surface area contributed by atoms with Crippen molar-refractivity contribution in [1.82, 2.24) is 10.2 Å². The predicted molar refractivity (Wildman–Crippen MR) is 95.2 cm³/mol. The molecule has 3 rings (SSSR count). The van der Waals surface area contributed by atoms with E-state index in [2.05, 4.69) is 5.32 Å². The van der Waals surface area contributed by atoms with Crippen LogP contribution in [0.25, 0.3) is 0 Å². The minimum Gasteiger partial charge on any atom is -0.491 e. The van der Waals surface area contributed by atoms with E-state index < -0.39 is 6.10 Å². The highest BCUT2D eigenvalue weighted by Gasteiger charge is 2.38. The van der Waals surface area contributed by atoms with Gasteiger partial charge < -0.3 is 24.4 Å². The minimum atomic E-state index is -0.408. The number of allylic oxidation sites excluding steroid dienone is 2. The summed E-state index contributed by atoms with van der Waals surface area (Å²) < 4.78 is 30.2. The van der Waals surface area contributed by atoms with E-state index in [1.807, 2.05) is 11.0 Å². The van der Waals surface area contributed by atoms with E-state index in [9.17, 15) is 9.18 Å². The van der Waals surface area contributed by atoms with Crippen molar-refractivity contribution >= 4 is 5.91 Å². The van der Waals surface area contributed by atoms with Gasteiger partial charge in [-0.15, -0.1) is 0 Å². The number of hydrogen-bond acceptors (Lipinski definition) is 5. The molecule has 26 heavy (non-hydrogen) atoms. The van der Waals surface area contributed by atoms with Crippen LogP contribution in [0, 0.1) is 5.92 Å². The molecule has 1 saturated heterocycles. The summed E-state index contributed by atoms with van der Waals surface area (Å²) in [4.78, 5) is 14.8. The van der Waals surface area contributed by atoms with Crippen LogP contribution in [0.5, 0.6) is 0 Å². The van der Waals surface area contributed by atoms with Crippen LogP contribution in [0.4, 0.5) is 4.39 Å². The van der Waals surface area contributed by atoms with Gasteiger partial charge in [0.2, 0.25) is 0 Å². The number of rotatable bonds is 9. The third kappa shape index (κ3) is 5.28. The molecule has 0 radical (unpaired) electrons. The maximum Gasteiger partial charge on any atom is 0.253 e. The third-order valence-corrected chi connectivity index (χ3v) is 4.88. The van der Waals surface area contributed by atoms with Crippen molar-refractivity contribution in [3.63, 3.8) is 0 Å². The molecular formula is C19H29FN2O4. The second-order valence-corrected chi connectivity index (χ2v) is 7.06. The lowest BCUT2D eigenvalue weighted by molar-refractivity contribution is -0.146. The number of halogens is 1. The van der Waals surface area contributed by atoms with E-state index in [1.54, 1.807) is 13.2 Å². The number of morpholine rings is 1. The predicted octanol–water partition coefficient (Wildman–Crippen LogP) is 1.78. The number of carbonyl (C=O) groups is 1. The summed E-state index contributed by atoms with van der Waals surface area (Å²) >= 11 is 0. The summed E-state index contributed by atoms with van der Waals surface area (Å²) in [5.74, 6) is 0.0811. The van der Waals surface area contributed by atoms with Gasteiger partial charge >= 0.3 is 0 Å². The Bertz CT molecular complexity index is 542. The average molecular weight is 368 g/mol. The van der Waals surface area contributed by atoms with Crippen molar-refractivity contribution < 1.29 is 23.4 Å². The summed E-state index contributed by atoms with van der Waals surface area (Å²) in [6.45, 7) is 3.49. The largest absolute Gasteiger partial charge is 0.491 e. The lowest BCUT2D eigenvalue weighted by atomic mass is 9.98. The molecule has 7 heteroatoms. The average Bonchev–Trinajstić information content (AvgIpc) is 3.50. The zero-order valence-corrected chi connectivity index (χ0v) is 15.4. The molecule has 1 aliphatic heterocycles. The molecule has 1 N–H and O–H groups in total. The molecule has 1 saturated carbocycles. The molecule has 0 spiro atoms. The quantitative estimate of drug-likeness (QED) is 0.629. The van der Waals surface area contributed by atoms with Crippen LogP contribution in [0.1, 0.15) is 25.7 Å². The Morgan fingerprint density at radius 1 is 1.42 bits per heavy atom. The molecule has 1 heterocycles. The number of nitrogens with zero attached hydrogens (tertiary/aromatic N) is 1. The fourth-order valence-corrected chi connectivity index (χ4v) is 3.31. The Morgan fingerprint density at radius 3 is 2.96 bits per heavy atom. The number of carbonyl (C=O) groups excluding carboxylic acids is 1. The fourth-order valence-electron chi connectivity index (χ4n) is 3.31. The molecule has 2 atom stereocenters. The highest BCUT2D eigenvalue weighted by atomic mass is 19.1. The van der Waals surface area contributed by atoms with Gasteiger partial charge in [-0.2, -0.15) is 0 Å². The summed E-state index contributed by atoms with van der Waals surface area (Å²) in [6, 6.07) is 0.295. The first kappa shape index (κ1) is 19.3. The lowest BCUT2D eigenvalue weighted by Gasteiger charge is -2.32. The van der Waals surface area contributed by atoms with Crippen molar-refractivity contribution in [2.45, 2.75) is 37.8 Å². The summed E-state index contributed by atoms with van der Waals surface area (Å²) in [5.41, 5.74) is 0. The van der Waals surface area contributed by atoms with E-state index in [1.165, 1.54) is 0 Å². The zero-order chi connectivity index (χ0) is 18.4. The molecular weight excluding hydrogens is 339 g/mol. The Kier molecular flexibility index (Phi) is 7.05. The molecule has 2 aliphatic carbocycles. The van der Waals surface area contributed by atoms with E-state index in [0.717, 1.165) is 19.4 Å². The fraction of sp³-hybridized carbons (Fsp3) is 0.737. The number of amides is 1. The molecule has 2 fully saturated rings. The molecule has 0 bridgehead atoms. The Labute approximate surface area is 154 Å². The summed E-state index contributed by atoms with van der Waals surface area (Å²) in [5, 5.41) is 3.21. The first-order valence-corrected chi connectivity index (χ1v) is 9.51. The molecule has 0 aromatic heterocycles. The maximum absolute atomic E-state index is 14.0. The topological polar surface area (TPSA) is 60.0 Å². The summed E-state index contributed by atoms with van der Waals surface area (Å²) in [7, 11) is 1.63. The van der Waals surface area contributed by atoms with Gasteiger partial charge in [-0.1, -0.05) is 0 Å². The molecule has 1 unspecified atom stereocenters. The molecule has 0 aromatic rings. The Balaban J connectivity index is 1.57. The van der Waals surface area contributed by atoms with Crippen LogP contribution < -0.4 is 5.32 Å². The lowest BCUT2D eigenvalue weighted by Crippen LogP contribution is -2.51. The van der Waals surface area contributed by atoms with Crippen LogP contribution in [-0.4, -0.2) is 69.5 Å². The summed E-state index contributed by atoms with van der Waals surface area (Å²) in [6.07, 6.45) is 6.34. The van der Waals surface area contributed by atoms with Crippen LogP contribution >= 0.6 is 0 Å². The minimum absolute atomic E-state index is 0.0469. The van der Waals surface area contributed by atoms with E-state index in [4.69, 9.17) is 14.2 Å². The third-order valence-electron chi connectivity index (χ3n) is 4.88. The number of ether oxygens (including phenoxy) is 3. The number of nitrogens with one attached hydrogen (secondary N) is 1. The number of hydrogen-bond donors (Lipinski definition) is 1.